The van der Waals surface area contributed by atoms with Crippen molar-refractivity contribution in [2.24, 2.45) is 5.92 Å². The molecule has 0 spiro atoms. The fraction of sp³-hybridized carbons (Fsp3) is 0.619. The van der Waals surface area contributed by atoms with Crippen LogP contribution in [-0.2, 0) is 9.59 Å². The second-order valence-corrected chi connectivity index (χ2v) is 7.93. The number of amides is 2. The number of benzene rings is 1. The van der Waals surface area contributed by atoms with Crippen LogP contribution in [0.4, 0.5) is 0 Å². The van der Waals surface area contributed by atoms with Crippen molar-refractivity contribution in [2.75, 3.05) is 19.0 Å². The highest BCUT2D eigenvalue weighted by atomic mass is 35.5. The third kappa shape index (κ3) is 5.00. The molecule has 1 aromatic carbocycles. The van der Waals surface area contributed by atoms with Crippen LogP contribution in [0.1, 0.15) is 56.4 Å². The van der Waals surface area contributed by atoms with Gasteiger partial charge in [-0.2, -0.15) is 0 Å². The first-order chi connectivity index (χ1) is 12.7. The third-order valence-electron chi connectivity index (χ3n) is 5.84. The molecule has 142 valence electrons. The van der Waals surface area contributed by atoms with E-state index in [2.05, 4.69) is 40.5 Å². The summed E-state index contributed by atoms with van der Waals surface area (Å²) >= 11 is 5.51. The Bertz CT molecular complexity index is 601. The van der Waals surface area contributed by atoms with Gasteiger partial charge in [-0.1, -0.05) is 30.3 Å². The smallest absolute Gasteiger partial charge is 0.234 e. The number of rotatable bonds is 7. The number of carbonyl (C=O) groups is 2. The standard InChI is InChI=1S/C21H29ClN2O2/c22-15-20(25)23-10-9-19-8-4-5-11-24(19)21(26)14-16-12-18(13-16)17-6-2-1-3-7-17/h1-3,6-7,16,18-19H,4-5,8-15H2,(H,23,25). The maximum absolute atomic E-state index is 12.8. The SMILES string of the molecule is O=C(CCl)NCCC1CCCCN1C(=O)CC1CC(c2ccccc2)C1. The molecule has 0 radical (unpaired) electrons. The summed E-state index contributed by atoms with van der Waals surface area (Å²) in [4.78, 5) is 26.2. The lowest BCUT2D eigenvalue weighted by Crippen LogP contribution is -2.46. The molecule has 1 aliphatic heterocycles. The van der Waals surface area contributed by atoms with Crippen LogP contribution < -0.4 is 5.32 Å². The number of likely N-dealkylation sites (tertiary alicyclic amines) is 1. The molecule has 1 heterocycles. The molecule has 1 aromatic rings. The van der Waals surface area contributed by atoms with Crippen LogP contribution in [0, 0.1) is 5.92 Å². The summed E-state index contributed by atoms with van der Waals surface area (Å²) < 4.78 is 0. The van der Waals surface area contributed by atoms with E-state index in [1.807, 2.05) is 0 Å². The van der Waals surface area contributed by atoms with Crippen LogP contribution >= 0.6 is 11.6 Å². The number of hydrogen-bond acceptors (Lipinski definition) is 2. The molecule has 1 unspecified atom stereocenters. The number of halogens is 1. The second kappa shape index (κ2) is 9.40. The Balaban J connectivity index is 1.44. The van der Waals surface area contributed by atoms with Gasteiger partial charge < -0.3 is 10.2 Å². The van der Waals surface area contributed by atoms with Gasteiger partial charge in [0.15, 0.2) is 0 Å². The zero-order valence-corrected chi connectivity index (χ0v) is 16.1. The number of hydrogen-bond donors (Lipinski definition) is 1. The predicted octanol–water partition coefficient (Wildman–Crippen LogP) is 3.70. The fourth-order valence-corrected chi connectivity index (χ4v) is 4.41. The molecule has 1 atom stereocenters. The third-order valence-corrected chi connectivity index (χ3v) is 6.08. The number of nitrogens with zero attached hydrogens (tertiary/aromatic N) is 1. The lowest BCUT2D eigenvalue weighted by Gasteiger charge is -2.40. The normalized spacial score (nSPS) is 25.4. The van der Waals surface area contributed by atoms with Crippen LogP contribution in [0.2, 0.25) is 0 Å². The molecule has 3 rings (SSSR count). The first-order valence-electron chi connectivity index (χ1n) is 9.84. The molecule has 0 aromatic heterocycles. The van der Waals surface area contributed by atoms with Gasteiger partial charge in [0, 0.05) is 25.6 Å². The number of alkyl halides is 1. The van der Waals surface area contributed by atoms with E-state index >= 15 is 0 Å². The second-order valence-electron chi connectivity index (χ2n) is 7.66. The average Bonchev–Trinajstić information content (AvgIpc) is 2.65. The number of carbonyl (C=O) groups excluding carboxylic acids is 2. The van der Waals surface area contributed by atoms with E-state index < -0.39 is 0 Å². The summed E-state index contributed by atoms with van der Waals surface area (Å²) in [5.41, 5.74) is 1.40. The predicted molar refractivity (Wildman–Crippen MR) is 104 cm³/mol. The molecular formula is C21H29ClN2O2. The van der Waals surface area contributed by atoms with E-state index in [0.717, 1.165) is 45.1 Å². The van der Waals surface area contributed by atoms with E-state index in [-0.39, 0.29) is 17.8 Å². The minimum atomic E-state index is -0.137. The Labute approximate surface area is 161 Å². The topological polar surface area (TPSA) is 49.4 Å². The van der Waals surface area contributed by atoms with E-state index in [1.165, 1.54) is 5.56 Å². The summed E-state index contributed by atoms with van der Waals surface area (Å²) in [5.74, 6) is 1.30. The maximum Gasteiger partial charge on any atom is 0.234 e. The molecule has 0 bridgehead atoms. The van der Waals surface area contributed by atoms with Gasteiger partial charge in [-0.05, 0) is 55.9 Å². The quantitative estimate of drug-likeness (QED) is 0.737. The molecule has 2 fully saturated rings. The molecule has 4 nitrogen and oxygen atoms in total. The van der Waals surface area contributed by atoms with Crippen LogP contribution in [0.25, 0.3) is 0 Å². The number of nitrogens with one attached hydrogen (secondary N) is 1. The van der Waals surface area contributed by atoms with Gasteiger partial charge in [0.2, 0.25) is 11.8 Å². The summed E-state index contributed by atoms with van der Waals surface area (Å²) in [5, 5.41) is 2.82. The van der Waals surface area contributed by atoms with E-state index in [4.69, 9.17) is 11.6 Å². The van der Waals surface area contributed by atoms with Gasteiger partial charge in [0.25, 0.3) is 0 Å². The Morgan fingerprint density at radius 1 is 1.15 bits per heavy atom. The van der Waals surface area contributed by atoms with E-state index in [9.17, 15) is 9.59 Å². The summed E-state index contributed by atoms with van der Waals surface area (Å²) in [6, 6.07) is 10.9. The first-order valence-corrected chi connectivity index (χ1v) is 10.4. The van der Waals surface area contributed by atoms with Gasteiger partial charge in [-0.25, -0.2) is 0 Å². The minimum Gasteiger partial charge on any atom is -0.355 e. The van der Waals surface area contributed by atoms with Crippen molar-refractivity contribution in [1.82, 2.24) is 10.2 Å². The fourth-order valence-electron chi connectivity index (χ4n) is 4.32. The van der Waals surface area contributed by atoms with Gasteiger partial charge in [-0.15, -0.1) is 11.6 Å². The van der Waals surface area contributed by atoms with Gasteiger partial charge in [0.05, 0.1) is 0 Å². The van der Waals surface area contributed by atoms with Crippen molar-refractivity contribution in [1.29, 1.82) is 0 Å². The van der Waals surface area contributed by atoms with E-state index in [0.29, 0.717) is 30.7 Å². The number of piperidine rings is 1. The lowest BCUT2D eigenvalue weighted by atomic mass is 9.70. The highest BCUT2D eigenvalue weighted by Crippen LogP contribution is 2.43. The van der Waals surface area contributed by atoms with Crippen LogP contribution in [-0.4, -0.2) is 41.7 Å². The molecule has 26 heavy (non-hydrogen) atoms. The van der Waals surface area contributed by atoms with Crippen molar-refractivity contribution < 1.29 is 9.59 Å². The molecule has 1 aliphatic carbocycles. The molecule has 1 N–H and O–H groups in total. The zero-order valence-electron chi connectivity index (χ0n) is 15.3. The first kappa shape index (κ1) is 19.2. The zero-order chi connectivity index (χ0) is 18.4. The molecular weight excluding hydrogens is 348 g/mol. The van der Waals surface area contributed by atoms with Crippen molar-refractivity contribution in [3.05, 3.63) is 35.9 Å². The Kier molecular flexibility index (Phi) is 6.95. The Morgan fingerprint density at radius 2 is 1.92 bits per heavy atom. The molecule has 5 heteroatoms. The van der Waals surface area contributed by atoms with Gasteiger partial charge in [-0.3, -0.25) is 9.59 Å². The van der Waals surface area contributed by atoms with Crippen molar-refractivity contribution >= 4 is 23.4 Å². The highest BCUT2D eigenvalue weighted by Gasteiger charge is 2.34. The van der Waals surface area contributed by atoms with Crippen molar-refractivity contribution in [3.8, 4) is 0 Å². The Morgan fingerprint density at radius 3 is 2.65 bits per heavy atom. The molecule has 1 saturated carbocycles. The summed E-state index contributed by atoms with van der Waals surface area (Å²) in [6.45, 7) is 1.46. The largest absolute Gasteiger partial charge is 0.355 e. The van der Waals surface area contributed by atoms with Crippen molar-refractivity contribution in [2.45, 2.75) is 56.9 Å². The van der Waals surface area contributed by atoms with Crippen LogP contribution in [0.3, 0.4) is 0 Å². The van der Waals surface area contributed by atoms with Gasteiger partial charge in [0.1, 0.15) is 5.88 Å². The summed E-state index contributed by atoms with van der Waals surface area (Å²) in [7, 11) is 0. The molecule has 2 amide bonds. The Hall–Kier alpha value is -1.55. The van der Waals surface area contributed by atoms with Crippen LogP contribution in [0.5, 0.6) is 0 Å². The highest BCUT2D eigenvalue weighted by molar-refractivity contribution is 6.27. The molecule has 2 aliphatic rings. The monoisotopic (exact) mass is 376 g/mol. The maximum atomic E-state index is 12.8. The molecule has 1 saturated heterocycles. The summed E-state index contributed by atoms with van der Waals surface area (Å²) in [6.07, 6.45) is 7.05. The average molecular weight is 377 g/mol. The van der Waals surface area contributed by atoms with Gasteiger partial charge >= 0.3 is 0 Å². The lowest BCUT2D eigenvalue weighted by molar-refractivity contribution is -0.136. The van der Waals surface area contributed by atoms with E-state index in [1.54, 1.807) is 0 Å². The minimum absolute atomic E-state index is 0.00241. The van der Waals surface area contributed by atoms with Crippen LogP contribution in [0.15, 0.2) is 30.3 Å². The van der Waals surface area contributed by atoms with Crippen molar-refractivity contribution in [3.63, 3.8) is 0 Å².